The fraction of sp³-hybridized carbons (Fsp3) is 0.737. The van der Waals surface area contributed by atoms with E-state index >= 15 is 0 Å². The van der Waals surface area contributed by atoms with Crippen molar-refractivity contribution >= 4 is 11.7 Å². The lowest BCUT2D eigenvalue weighted by Crippen LogP contribution is -2.57. The third-order valence-corrected chi connectivity index (χ3v) is 5.76. The molecule has 0 aliphatic carbocycles. The van der Waals surface area contributed by atoms with Crippen LogP contribution in [0, 0.1) is 5.92 Å². The number of carbonyl (C=O) groups is 1. The maximum Gasteiger partial charge on any atom is 0.435 e. The van der Waals surface area contributed by atoms with Gasteiger partial charge in [0.1, 0.15) is 0 Å². The predicted molar refractivity (Wildman–Crippen MR) is 99.9 cm³/mol. The van der Waals surface area contributed by atoms with Gasteiger partial charge in [0.25, 0.3) is 0 Å². The zero-order chi connectivity index (χ0) is 20.5. The van der Waals surface area contributed by atoms with E-state index in [1.54, 1.807) is 0 Å². The summed E-state index contributed by atoms with van der Waals surface area (Å²) in [4.78, 5) is 19.2. The first-order valence-corrected chi connectivity index (χ1v) is 9.87. The molecular formula is C19H28F3N5O. The van der Waals surface area contributed by atoms with Crippen LogP contribution < -0.4 is 4.90 Å². The second-order valence-electron chi connectivity index (χ2n) is 8.00. The fourth-order valence-electron chi connectivity index (χ4n) is 4.20. The van der Waals surface area contributed by atoms with Gasteiger partial charge in [0.05, 0.1) is 0 Å². The summed E-state index contributed by atoms with van der Waals surface area (Å²) in [6, 6.07) is 3.13. The zero-order valence-electron chi connectivity index (χ0n) is 16.6. The molecule has 6 nitrogen and oxygen atoms in total. The summed E-state index contributed by atoms with van der Waals surface area (Å²) in [6.07, 6.45) is -3.12. The van der Waals surface area contributed by atoms with Crippen molar-refractivity contribution in [2.75, 3.05) is 37.6 Å². The molecule has 28 heavy (non-hydrogen) atoms. The molecule has 0 unspecified atom stereocenters. The molecule has 0 spiro atoms. The number of amides is 1. The molecule has 2 saturated heterocycles. The van der Waals surface area contributed by atoms with E-state index in [-0.39, 0.29) is 11.8 Å². The smallest absolute Gasteiger partial charge is 0.355 e. The van der Waals surface area contributed by atoms with E-state index in [1.807, 2.05) is 9.80 Å². The molecule has 0 saturated carbocycles. The van der Waals surface area contributed by atoms with E-state index in [0.717, 1.165) is 25.7 Å². The second kappa shape index (κ2) is 8.23. The maximum atomic E-state index is 12.9. The van der Waals surface area contributed by atoms with Crippen molar-refractivity contribution in [1.82, 2.24) is 20.0 Å². The first kappa shape index (κ1) is 20.8. The standard InChI is InChI=1S/C19H28F3N5O/c1-13(2)27-11-10-26(12-14(27)3)18(28)15-6-8-25(9-7-15)17-5-4-16(23-24-17)19(20,21)22/h4-5,13-15H,6-12H2,1-3H3/t14-/m0/s1. The number of hydrogen-bond donors (Lipinski definition) is 0. The summed E-state index contributed by atoms with van der Waals surface area (Å²) < 4.78 is 37.8. The van der Waals surface area contributed by atoms with Crippen molar-refractivity contribution in [1.29, 1.82) is 0 Å². The van der Waals surface area contributed by atoms with Gasteiger partial charge in [-0.05, 0) is 45.7 Å². The van der Waals surface area contributed by atoms with Gasteiger partial charge in [-0.25, -0.2) is 0 Å². The van der Waals surface area contributed by atoms with Crippen LogP contribution in [0.3, 0.4) is 0 Å². The van der Waals surface area contributed by atoms with Gasteiger partial charge in [-0.1, -0.05) is 0 Å². The Kier molecular flexibility index (Phi) is 6.12. The molecular weight excluding hydrogens is 371 g/mol. The van der Waals surface area contributed by atoms with Gasteiger partial charge in [-0.15, -0.1) is 10.2 Å². The van der Waals surface area contributed by atoms with Crippen LogP contribution in [-0.4, -0.2) is 70.7 Å². The van der Waals surface area contributed by atoms with Crippen LogP contribution in [0.2, 0.25) is 0 Å². The molecule has 2 aliphatic rings. The Morgan fingerprint density at radius 2 is 1.79 bits per heavy atom. The molecule has 3 heterocycles. The van der Waals surface area contributed by atoms with Gasteiger partial charge in [-0.3, -0.25) is 9.69 Å². The average Bonchev–Trinajstić information content (AvgIpc) is 2.66. The van der Waals surface area contributed by atoms with Gasteiger partial charge >= 0.3 is 6.18 Å². The summed E-state index contributed by atoms with van der Waals surface area (Å²) in [5.74, 6) is 0.600. The summed E-state index contributed by atoms with van der Waals surface area (Å²) >= 11 is 0. The number of rotatable bonds is 3. The van der Waals surface area contributed by atoms with Crippen LogP contribution >= 0.6 is 0 Å². The molecule has 3 rings (SSSR count). The van der Waals surface area contributed by atoms with Gasteiger partial charge in [0, 0.05) is 50.7 Å². The molecule has 0 bridgehead atoms. The van der Waals surface area contributed by atoms with E-state index in [2.05, 4.69) is 35.9 Å². The Morgan fingerprint density at radius 3 is 2.29 bits per heavy atom. The molecule has 0 aromatic carbocycles. The van der Waals surface area contributed by atoms with E-state index < -0.39 is 11.9 Å². The van der Waals surface area contributed by atoms with Crippen LogP contribution in [0.4, 0.5) is 19.0 Å². The number of aromatic nitrogens is 2. The number of nitrogens with zero attached hydrogens (tertiary/aromatic N) is 5. The third kappa shape index (κ3) is 4.56. The molecule has 1 amide bonds. The first-order valence-electron chi connectivity index (χ1n) is 9.87. The Bertz CT molecular complexity index is 671. The minimum absolute atomic E-state index is 0.0311. The van der Waals surface area contributed by atoms with Crippen molar-refractivity contribution < 1.29 is 18.0 Å². The number of piperazine rings is 1. The number of carbonyl (C=O) groups excluding carboxylic acids is 1. The minimum Gasteiger partial charge on any atom is -0.355 e. The Balaban J connectivity index is 1.53. The molecule has 0 radical (unpaired) electrons. The Morgan fingerprint density at radius 1 is 1.11 bits per heavy atom. The highest BCUT2D eigenvalue weighted by Gasteiger charge is 2.35. The number of alkyl halides is 3. The van der Waals surface area contributed by atoms with Crippen molar-refractivity contribution in [2.45, 2.75) is 51.9 Å². The second-order valence-corrected chi connectivity index (χ2v) is 8.00. The highest BCUT2D eigenvalue weighted by molar-refractivity contribution is 5.79. The lowest BCUT2D eigenvalue weighted by molar-refractivity contribution is -0.142. The van der Waals surface area contributed by atoms with Crippen LogP contribution in [0.25, 0.3) is 0 Å². The topological polar surface area (TPSA) is 52.6 Å². The first-order chi connectivity index (χ1) is 13.2. The van der Waals surface area contributed by atoms with Crippen molar-refractivity contribution in [3.8, 4) is 0 Å². The van der Waals surface area contributed by atoms with E-state index in [1.165, 1.54) is 6.07 Å². The largest absolute Gasteiger partial charge is 0.435 e. The summed E-state index contributed by atoms with van der Waals surface area (Å²) in [6.45, 7) is 10.1. The Hall–Kier alpha value is -1.90. The molecule has 2 aliphatic heterocycles. The van der Waals surface area contributed by atoms with Gasteiger partial charge in [-0.2, -0.15) is 13.2 Å². The molecule has 2 fully saturated rings. The monoisotopic (exact) mass is 399 g/mol. The molecule has 1 aromatic heterocycles. The van der Waals surface area contributed by atoms with Crippen LogP contribution in [0.5, 0.6) is 0 Å². The minimum atomic E-state index is -4.48. The number of halogens is 3. The molecule has 1 aromatic rings. The summed E-state index contributed by atoms with van der Waals surface area (Å²) in [5.41, 5.74) is -0.990. The maximum absolute atomic E-state index is 12.9. The quantitative estimate of drug-likeness (QED) is 0.782. The summed E-state index contributed by atoms with van der Waals surface area (Å²) in [5, 5.41) is 7.00. The SMILES string of the molecule is CC(C)N1CCN(C(=O)C2CCN(c3ccc(C(F)(F)F)nn3)CC2)C[C@@H]1C. The number of hydrogen-bond acceptors (Lipinski definition) is 5. The van der Waals surface area contributed by atoms with Crippen LogP contribution in [0.15, 0.2) is 12.1 Å². The van der Waals surface area contributed by atoms with E-state index in [9.17, 15) is 18.0 Å². The summed E-state index contributed by atoms with van der Waals surface area (Å²) in [7, 11) is 0. The Labute approximate surface area is 163 Å². The highest BCUT2D eigenvalue weighted by Crippen LogP contribution is 2.29. The molecule has 1 atom stereocenters. The van der Waals surface area contributed by atoms with Crippen LogP contribution in [0.1, 0.15) is 39.3 Å². The van der Waals surface area contributed by atoms with Gasteiger partial charge < -0.3 is 9.80 Å². The molecule has 9 heteroatoms. The zero-order valence-corrected chi connectivity index (χ0v) is 16.6. The van der Waals surface area contributed by atoms with E-state index in [0.29, 0.717) is 43.8 Å². The predicted octanol–water partition coefficient (Wildman–Crippen LogP) is 2.65. The number of piperidine rings is 1. The van der Waals surface area contributed by atoms with Gasteiger partial charge in [0.2, 0.25) is 5.91 Å². The normalized spacial score (nSPS) is 22.8. The van der Waals surface area contributed by atoms with Crippen molar-refractivity contribution in [3.63, 3.8) is 0 Å². The van der Waals surface area contributed by atoms with Gasteiger partial charge in [0.15, 0.2) is 11.5 Å². The average molecular weight is 399 g/mol. The highest BCUT2D eigenvalue weighted by atomic mass is 19.4. The lowest BCUT2D eigenvalue weighted by atomic mass is 9.94. The number of anilines is 1. The molecule has 156 valence electrons. The molecule has 0 N–H and O–H groups in total. The fourth-order valence-corrected chi connectivity index (χ4v) is 4.20. The van der Waals surface area contributed by atoms with E-state index in [4.69, 9.17) is 0 Å². The van der Waals surface area contributed by atoms with Crippen molar-refractivity contribution in [3.05, 3.63) is 17.8 Å². The van der Waals surface area contributed by atoms with Crippen molar-refractivity contribution in [2.24, 2.45) is 5.92 Å². The third-order valence-electron chi connectivity index (χ3n) is 5.76. The van der Waals surface area contributed by atoms with Crippen LogP contribution in [-0.2, 0) is 11.0 Å². The lowest BCUT2D eigenvalue weighted by Gasteiger charge is -2.43.